The van der Waals surface area contributed by atoms with Gasteiger partial charge in [0.05, 0.1) is 17.5 Å². The van der Waals surface area contributed by atoms with Crippen molar-refractivity contribution >= 4 is 5.91 Å². The SMILES string of the molecule is C[C@@]12CCC(=O)N1CCCN2Cc1cnn(-c2ccc(F)cc2)c1. The number of carbonyl (C=O) groups excluding carboxylic acids is 1. The van der Waals surface area contributed by atoms with Crippen LogP contribution in [0.25, 0.3) is 5.69 Å². The predicted molar refractivity (Wildman–Crippen MR) is 87.9 cm³/mol. The summed E-state index contributed by atoms with van der Waals surface area (Å²) >= 11 is 0. The van der Waals surface area contributed by atoms with Crippen molar-refractivity contribution in [1.29, 1.82) is 0 Å². The molecular weight excluding hydrogens is 307 g/mol. The Balaban J connectivity index is 1.53. The minimum atomic E-state index is -0.252. The van der Waals surface area contributed by atoms with Crippen LogP contribution < -0.4 is 0 Å². The molecule has 0 spiro atoms. The molecule has 0 unspecified atom stereocenters. The van der Waals surface area contributed by atoms with Gasteiger partial charge in [-0.3, -0.25) is 9.69 Å². The Hall–Kier alpha value is -2.21. The van der Waals surface area contributed by atoms with Crippen molar-refractivity contribution in [3.63, 3.8) is 0 Å². The quantitative estimate of drug-likeness (QED) is 0.869. The molecule has 1 aromatic heterocycles. The molecule has 24 heavy (non-hydrogen) atoms. The van der Waals surface area contributed by atoms with Crippen LogP contribution in [0, 0.1) is 5.82 Å². The van der Waals surface area contributed by atoms with Crippen LogP contribution in [0.1, 0.15) is 31.7 Å². The first-order valence-corrected chi connectivity index (χ1v) is 8.41. The average Bonchev–Trinajstić information content (AvgIpc) is 3.15. The van der Waals surface area contributed by atoms with Gasteiger partial charge in [-0.1, -0.05) is 0 Å². The van der Waals surface area contributed by atoms with Crippen molar-refractivity contribution < 1.29 is 9.18 Å². The molecule has 0 saturated carbocycles. The van der Waals surface area contributed by atoms with E-state index in [0.717, 1.165) is 43.7 Å². The van der Waals surface area contributed by atoms with Gasteiger partial charge in [0.15, 0.2) is 0 Å². The molecule has 2 fully saturated rings. The Kier molecular flexibility index (Phi) is 3.64. The van der Waals surface area contributed by atoms with Crippen molar-refractivity contribution in [1.82, 2.24) is 19.6 Å². The smallest absolute Gasteiger partial charge is 0.224 e. The monoisotopic (exact) mass is 328 g/mol. The van der Waals surface area contributed by atoms with Crippen LogP contribution in [0.3, 0.4) is 0 Å². The van der Waals surface area contributed by atoms with E-state index in [1.54, 1.807) is 16.8 Å². The molecule has 1 atom stereocenters. The molecule has 1 amide bonds. The second-order valence-electron chi connectivity index (χ2n) is 6.81. The first kappa shape index (κ1) is 15.3. The Morgan fingerprint density at radius 3 is 2.83 bits per heavy atom. The summed E-state index contributed by atoms with van der Waals surface area (Å²) in [4.78, 5) is 16.5. The van der Waals surface area contributed by atoms with E-state index in [2.05, 4.69) is 16.9 Å². The van der Waals surface area contributed by atoms with Crippen molar-refractivity contribution in [2.75, 3.05) is 13.1 Å². The Bertz CT molecular complexity index is 757. The molecule has 2 saturated heterocycles. The van der Waals surface area contributed by atoms with Gasteiger partial charge in [0.2, 0.25) is 5.91 Å². The standard InChI is InChI=1S/C18H21FN4O/c1-18-8-7-17(24)22(18)10-2-9-21(18)12-14-11-20-23(13-14)16-5-3-15(19)4-6-16/h3-6,11,13H,2,7-10,12H2,1H3/t18-/m0/s1. The molecule has 1 aromatic carbocycles. The molecule has 0 radical (unpaired) electrons. The normalized spacial score (nSPS) is 24.4. The van der Waals surface area contributed by atoms with Crippen molar-refractivity contribution in [2.45, 2.75) is 38.4 Å². The van der Waals surface area contributed by atoms with Gasteiger partial charge < -0.3 is 4.90 Å². The summed E-state index contributed by atoms with van der Waals surface area (Å²) in [6, 6.07) is 6.30. The number of nitrogens with zero attached hydrogens (tertiary/aromatic N) is 4. The summed E-state index contributed by atoms with van der Waals surface area (Å²) in [5.41, 5.74) is 1.76. The van der Waals surface area contributed by atoms with E-state index in [9.17, 15) is 9.18 Å². The van der Waals surface area contributed by atoms with Gasteiger partial charge in [-0.05, 0) is 44.0 Å². The van der Waals surface area contributed by atoms with Crippen LogP contribution in [0.2, 0.25) is 0 Å². The first-order chi connectivity index (χ1) is 11.6. The van der Waals surface area contributed by atoms with Crippen molar-refractivity contribution in [3.05, 3.63) is 48.0 Å². The Labute approximate surface area is 140 Å². The van der Waals surface area contributed by atoms with E-state index < -0.39 is 0 Å². The summed E-state index contributed by atoms with van der Waals surface area (Å²) in [6.07, 6.45) is 6.36. The van der Waals surface area contributed by atoms with Crippen LogP contribution in [-0.4, -0.2) is 44.2 Å². The van der Waals surface area contributed by atoms with Gasteiger partial charge in [-0.15, -0.1) is 0 Å². The highest BCUT2D eigenvalue weighted by molar-refractivity contribution is 5.79. The van der Waals surface area contributed by atoms with E-state index in [0.29, 0.717) is 6.42 Å². The molecule has 2 aromatic rings. The zero-order chi connectivity index (χ0) is 16.7. The molecule has 126 valence electrons. The highest BCUT2D eigenvalue weighted by Crippen LogP contribution is 2.37. The third kappa shape index (κ3) is 2.51. The van der Waals surface area contributed by atoms with Crippen molar-refractivity contribution in [2.24, 2.45) is 0 Å². The zero-order valence-corrected chi connectivity index (χ0v) is 13.8. The molecule has 3 heterocycles. The molecule has 0 N–H and O–H groups in total. The summed E-state index contributed by atoms with van der Waals surface area (Å²) < 4.78 is 14.8. The van der Waals surface area contributed by atoms with Crippen molar-refractivity contribution in [3.8, 4) is 5.69 Å². The van der Waals surface area contributed by atoms with E-state index in [1.807, 2.05) is 17.3 Å². The molecule has 4 rings (SSSR count). The summed E-state index contributed by atoms with van der Waals surface area (Å²) in [5.74, 6) is 0.0163. The lowest BCUT2D eigenvalue weighted by Gasteiger charge is -2.48. The number of aromatic nitrogens is 2. The third-order valence-corrected chi connectivity index (χ3v) is 5.29. The van der Waals surface area contributed by atoms with E-state index in [1.165, 1.54) is 12.1 Å². The van der Waals surface area contributed by atoms with Crippen LogP contribution in [0.5, 0.6) is 0 Å². The lowest BCUT2D eigenvalue weighted by Crippen LogP contribution is -2.60. The maximum atomic E-state index is 13.0. The number of fused-ring (bicyclic) bond motifs is 1. The van der Waals surface area contributed by atoms with Crippen LogP contribution in [0.4, 0.5) is 4.39 Å². The summed E-state index contributed by atoms with van der Waals surface area (Å²) in [6.45, 7) is 4.78. The molecule has 2 aliphatic heterocycles. The maximum absolute atomic E-state index is 13.0. The topological polar surface area (TPSA) is 41.4 Å². The van der Waals surface area contributed by atoms with Gasteiger partial charge in [-0.2, -0.15) is 5.10 Å². The Morgan fingerprint density at radius 2 is 2.04 bits per heavy atom. The molecule has 2 aliphatic rings. The van der Waals surface area contributed by atoms with Gasteiger partial charge in [0.1, 0.15) is 5.82 Å². The first-order valence-electron chi connectivity index (χ1n) is 8.41. The number of amides is 1. The fourth-order valence-corrected chi connectivity index (χ4v) is 3.88. The fourth-order valence-electron chi connectivity index (χ4n) is 3.88. The van der Waals surface area contributed by atoms with Gasteiger partial charge in [0.25, 0.3) is 0 Å². The van der Waals surface area contributed by atoms with Crippen LogP contribution in [-0.2, 0) is 11.3 Å². The van der Waals surface area contributed by atoms with Gasteiger partial charge in [-0.25, -0.2) is 9.07 Å². The zero-order valence-electron chi connectivity index (χ0n) is 13.8. The fraction of sp³-hybridized carbons (Fsp3) is 0.444. The van der Waals surface area contributed by atoms with Crippen LogP contribution in [0.15, 0.2) is 36.7 Å². The summed E-state index contributed by atoms with van der Waals surface area (Å²) in [5, 5.41) is 4.39. The van der Waals surface area contributed by atoms with E-state index in [-0.39, 0.29) is 17.4 Å². The number of hydrogen-bond donors (Lipinski definition) is 0. The number of carbonyl (C=O) groups is 1. The Morgan fingerprint density at radius 1 is 1.25 bits per heavy atom. The number of hydrogen-bond acceptors (Lipinski definition) is 3. The molecule has 0 aliphatic carbocycles. The summed E-state index contributed by atoms with van der Waals surface area (Å²) in [7, 11) is 0. The average molecular weight is 328 g/mol. The number of rotatable bonds is 3. The predicted octanol–water partition coefficient (Wildman–Crippen LogP) is 2.56. The number of halogens is 1. The molecule has 6 heteroatoms. The molecular formula is C18H21FN4O. The van der Waals surface area contributed by atoms with Gasteiger partial charge >= 0.3 is 0 Å². The molecule has 0 bridgehead atoms. The number of benzene rings is 1. The molecule has 5 nitrogen and oxygen atoms in total. The highest BCUT2D eigenvalue weighted by Gasteiger charge is 2.47. The third-order valence-electron chi connectivity index (χ3n) is 5.29. The lowest BCUT2D eigenvalue weighted by atomic mass is 10.0. The van der Waals surface area contributed by atoms with Crippen LogP contribution >= 0.6 is 0 Å². The van der Waals surface area contributed by atoms with Gasteiger partial charge in [0, 0.05) is 37.8 Å². The second kappa shape index (κ2) is 5.70. The van der Waals surface area contributed by atoms with E-state index >= 15 is 0 Å². The highest BCUT2D eigenvalue weighted by atomic mass is 19.1. The minimum Gasteiger partial charge on any atom is -0.324 e. The maximum Gasteiger partial charge on any atom is 0.224 e. The largest absolute Gasteiger partial charge is 0.324 e. The van der Waals surface area contributed by atoms with E-state index in [4.69, 9.17) is 0 Å². The second-order valence-corrected chi connectivity index (χ2v) is 6.81. The lowest BCUT2D eigenvalue weighted by molar-refractivity contribution is -0.141. The minimum absolute atomic E-state index is 0.173.